The van der Waals surface area contributed by atoms with Gasteiger partial charge in [-0.05, 0) is 31.3 Å². The summed E-state index contributed by atoms with van der Waals surface area (Å²) < 4.78 is 0. The highest BCUT2D eigenvalue weighted by Gasteiger charge is 2.14. The zero-order valence-electron chi connectivity index (χ0n) is 10.5. The Morgan fingerprint density at radius 3 is 2.41 bits per heavy atom. The maximum atomic E-state index is 12.2. The van der Waals surface area contributed by atoms with Crippen LogP contribution in [0.5, 0.6) is 0 Å². The van der Waals surface area contributed by atoms with Crippen molar-refractivity contribution in [1.82, 2.24) is 0 Å². The molecule has 0 unspecified atom stereocenters. The van der Waals surface area contributed by atoms with Crippen molar-refractivity contribution in [1.29, 1.82) is 0 Å². The SMILES string of the molecule is CC(=CC1CCCCC1)C(=O)c1ccccc1. The predicted molar refractivity (Wildman–Crippen MR) is 71.1 cm³/mol. The number of carbonyl (C=O) groups excluding carboxylic acids is 1. The minimum atomic E-state index is 0.177. The lowest BCUT2D eigenvalue weighted by atomic mass is 9.87. The van der Waals surface area contributed by atoms with E-state index in [4.69, 9.17) is 0 Å². The first-order valence-corrected chi connectivity index (χ1v) is 6.55. The second-order valence-electron chi connectivity index (χ2n) is 4.94. The number of rotatable bonds is 3. The van der Waals surface area contributed by atoms with Crippen molar-refractivity contribution in [3.63, 3.8) is 0 Å². The standard InChI is InChI=1S/C16H20O/c1-13(12-14-8-4-2-5-9-14)16(17)15-10-6-3-7-11-15/h3,6-7,10-12,14H,2,4-5,8-9H2,1H3. The summed E-state index contributed by atoms with van der Waals surface area (Å²) in [4.78, 5) is 12.2. The molecule has 1 nitrogen and oxygen atoms in total. The van der Waals surface area contributed by atoms with Gasteiger partial charge in [-0.3, -0.25) is 4.79 Å². The van der Waals surface area contributed by atoms with Crippen molar-refractivity contribution in [2.24, 2.45) is 5.92 Å². The van der Waals surface area contributed by atoms with Crippen molar-refractivity contribution in [2.75, 3.05) is 0 Å². The van der Waals surface area contributed by atoms with Crippen LogP contribution >= 0.6 is 0 Å². The quantitative estimate of drug-likeness (QED) is 0.553. The largest absolute Gasteiger partial charge is 0.289 e. The molecule has 0 spiro atoms. The Morgan fingerprint density at radius 2 is 1.76 bits per heavy atom. The summed E-state index contributed by atoms with van der Waals surface area (Å²) in [7, 11) is 0. The summed E-state index contributed by atoms with van der Waals surface area (Å²) in [5, 5.41) is 0. The molecule has 0 aromatic heterocycles. The van der Waals surface area contributed by atoms with E-state index in [0.717, 1.165) is 11.1 Å². The highest BCUT2D eigenvalue weighted by atomic mass is 16.1. The zero-order chi connectivity index (χ0) is 12.1. The van der Waals surface area contributed by atoms with Gasteiger partial charge < -0.3 is 0 Å². The number of hydrogen-bond donors (Lipinski definition) is 0. The molecule has 0 radical (unpaired) electrons. The number of carbonyl (C=O) groups is 1. The first kappa shape index (κ1) is 12.1. The Morgan fingerprint density at radius 1 is 1.12 bits per heavy atom. The summed E-state index contributed by atoms with van der Waals surface area (Å²) in [6, 6.07) is 9.56. The Hall–Kier alpha value is -1.37. The normalized spacial score (nSPS) is 18.1. The first-order valence-electron chi connectivity index (χ1n) is 6.55. The summed E-state index contributed by atoms with van der Waals surface area (Å²) in [6.07, 6.45) is 8.67. The molecule has 1 fully saturated rings. The van der Waals surface area contributed by atoms with Crippen molar-refractivity contribution >= 4 is 5.78 Å². The molecule has 1 aliphatic rings. The van der Waals surface area contributed by atoms with Crippen LogP contribution in [0, 0.1) is 5.92 Å². The van der Waals surface area contributed by atoms with Gasteiger partial charge in [0.05, 0.1) is 0 Å². The van der Waals surface area contributed by atoms with Crippen LogP contribution in [0.4, 0.5) is 0 Å². The van der Waals surface area contributed by atoms with Gasteiger partial charge in [0.15, 0.2) is 5.78 Å². The predicted octanol–water partition coefficient (Wildman–Crippen LogP) is 4.40. The molecule has 0 atom stereocenters. The molecule has 0 heterocycles. The summed E-state index contributed by atoms with van der Waals surface area (Å²) >= 11 is 0. The maximum Gasteiger partial charge on any atom is 0.188 e. The Bertz CT molecular complexity index is 397. The third kappa shape index (κ3) is 3.29. The maximum absolute atomic E-state index is 12.2. The van der Waals surface area contributed by atoms with Gasteiger partial charge in [-0.2, -0.15) is 0 Å². The van der Waals surface area contributed by atoms with E-state index in [-0.39, 0.29) is 5.78 Å². The molecule has 17 heavy (non-hydrogen) atoms. The fourth-order valence-electron chi connectivity index (χ4n) is 2.55. The van der Waals surface area contributed by atoms with Crippen molar-refractivity contribution in [2.45, 2.75) is 39.0 Å². The number of Topliss-reactive ketones (excluding diaryl/α,β-unsaturated/α-hetero) is 1. The molecule has 1 aliphatic carbocycles. The summed E-state index contributed by atoms with van der Waals surface area (Å²) in [5.74, 6) is 0.799. The molecule has 1 aromatic carbocycles. The van der Waals surface area contributed by atoms with E-state index in [2.05, 4.69) is 6.08 Å². The van der Waals surface area contributed by atoms with E-state index in [9.17, 15) is 4.79 Å². The van der Waals surface area contributed by atoms with Crippen LogP contribution in [-0.2, 0) is 0 Å². The van der Waals surface area contributed by atoms with Gasteiger partial charge >= 0.3 is 0 Å². The van der Waals surface area contributed by atoms with E-state index in [1.165, 1.54) is 32.1 Å². The van der Waals surface area contributed by atoms with Crippen LogP contribution in [0.1, 0.15) is 49.4 Å². The number of hydrogen-bond acceptors (Lipinski definition) is 1. The van der Waals surface area contributed by atoms with Gasteiger partial charge in [0.2, 0.25) is 0 Å². The molecule has 1 saturated carbocycles. The van der Waals surface area contributed by atoms with Gasteiger partial charge in [-0.15, -0.1) is 0 Å². The zero-order valence-corrected chi connectivity index (χ0v) is 10.5. The minimum Gasteiger partial charge on any atom is -0.289 e. The molecule has 0 saturated heterocycles. The number of allylic oxidation sites excluding steroid dienone is 2. The summed E-state index contributed by atoms with van der Waals surface area (Å²) in [6.45, 7) is 1.95. The number of ketones is 1. The van der Waals surface area contributed by atoms with Gasteiger partial charge in [-0.25, -0.2) is 0 Å². The molecule has 0 N–H and O–H groups in total. The van der Waals surface area contributed by atoms with Gasteiger partial charge in [-0.1, -0.05) is 55.7 Å². The van der Waals surface area contributed by atoms with E-state index >= 15 is 0 Å². The third-order valence-corrected chi connectivity index (χ3v) is 3.53. The lowest BCUT2D eigenvalue weighted by Crippen LogP contribution is -2.07. The van der Waals surface area contributed by atoms with Crippen LogP contribution in [0.15, 0.2) is 42.0 Å². The first-order chi connectivity index (χ1) is 8.27. The molecule has 0 bridgehead atoms. The minimum absolute atomic E-state index is 0.177. The van der Waals surface area contributed by atoms with Gasteiger partial charge in [0, 0.05) is 5.56 Å². The smallest absolute Gasteiger partial charge is 0.188 e. The van der Waals surface area contributed by atoms with Gasteiger partial charge in [0.25, 0.3) is 0 Å². The van der Waals surface area contributed by atoms with Crippen LogP contribution < -0.4 is 0 Å². The van der Waals surface area contributed by atoms with Crippen LogP contribution in [0.2, 0.25) is 0 Å². The average Bonchev–Trinajstić information content (AvgIpc) is 2.40. The lowest BCUT2D eigenvalue weighted by Gasteiger charge is -2.18. The van der Waals surface area contributed by atoms with Crippen LogP contribution in [-0.4, -0.2) is 5.78 Å². The van der Waals surface area contributed by atoms with E-state index in [0.29, 0.717) is 5.92 Å². The molecule has 2 rings (SSSR count). The van der Waals surface area contributed by atoms with Crippen molar-refractivity contribution < 1.29 is 4.79 Å². The van der Waals surface area contributed by atoms with Gasteiger partial charge in [0.1, 0.15) is 0 Å². The van der Waals surface area contributed by atoms with Crippen LogP contribution in [0.25, 0.3) is 0 Å². The second-order valence-corrected chi connectivity index (χ2v) is 4.94. The molecule has 90 valence electrons. The Kier molecular flexibility index (Phi) is 4.13. The highest BCUT2D eigenvalue weighted by Crippen LogP contribution is 2.26. The number of benzene rings is 1. The van der Waals surface area contributed by atoms with E-state index < -0.39 is 0 Å². The van der Waals surface area contributed by atoms with Crippen LogP contribution in [0.3, 0.4) is 0 Å². The highest BCUT2D eigenvalue weighted by molar-refractivity contribution is 6.08. The fraction of sp³-hybridized carbons (Fsp3) is 0.438. The summed E-state index contributed by atoms with van der Waals surface area (Å²) in [5.41, 5.74) is 1.71. The topological polar surface area (TPSA) is 17.1 Å². The monoisotopic (exact) mass is 228 g/mol. The van der Waals surface area contributed by atoms with Crippen molar-refractivity contribution in [3.8, 4) is 0 Å². The molecule has 1 aromatic rings. The second kappa shape index (κ2) is 5.81. The fourth-order valence-corrected chi connectivity index (χ4v) is 2.55. The van der Waals surface area contributed by atoms with E-state index in [1.807, 2.05) is 37.3 Å². The Labute approximate surface area is 104 Å². The Balaban J connectivity index is 2.06. The molecule has 1 heteroatoms. The third-order valence-electron chi connectivity index (χ3n) is 3.53. The molecule has 0 amide bonds. The van der Waals surface area contributed by atoms with Crippen molar-refractivity contribution in [3.05, 3.63) is 47.5 Å². The molecular formula is C16H20O. The molecule has 0 aliphatic heterocycles. The molecular weight excluding hydrogens is 208 g/mol. The lowest BCUT2D eigenvalue weighted by molar-refractivity contribution is 0.103. The average molecular weight is 228 g/mol. The van der Waals surface area contributed by atoms with E-state index in [1.54, 1.807) is 0 Å².